The Morgan fingerprint density at radius 1 is 1.21 bits per heavy atom. The van der Waals surface area contributed by atoms with Crippen molar-refractivity contribution in [2.24, 2.45) is 5.92 Å². The lowest BCUT2D eigenvalue weighted by Crippen LogP contribution is -2.23. The Kier molecular flexibility index (Phi) is 7.14. The highest BCUT2D eigenvalue weighted by Crippen LogP contribution is 2.21. The second-order valence-electron chi connectivity index (χ2n) is 5.65. The Morgan fingerprint density at radius 3 is 2.37 bits per heavy atom. The Bertz CT molecular complexity index is 342. The molecule has 0 aliphatic carbocycles. The molecule has 0 saturated carbocycles. The predicted molar refractivity (Wildman–Crippen MR) is 80.2 cm³/mol. The first-order valence-corrected chi connectivity index (χ1v) is 7.84. The average Bonchev–Trinajstić information content (AvgIpc) is 2.86. The molecule has 1 N–H and O–H groups in total. The minimum atomic E-state index is -0.250. The van der Waals surface area contributed by atoms with E-state index in [2.05, 4.69) is 32.8 Å². The summed E-state index contributed by atoms with van der Waals surface area (Å²) in [6.45, 7) is 8.71. The molecule has 2 atom stereocenters. The van der Waals surface area contributed by atoms with Gasteiger partial charge in [-0.15, -0.1) is 0 Å². The monoisotopic (exact) mass is 266 g/mol. The van der Waals surface area contributed by atoms with Crippen molar-refractivity contribution in [3.05, 3.63) is 18.0 Å². The zero-order valence-electron chi connectivity index (χ0n) is 13.0. The summed E-state index contributed by atoms with van der Waals surface area (Å²) in [7, 11) is 0. The fraction of sp³-hybridized carbons (Fsp3) is 0.812. The third-order valence-electron chi connectivity index (χ3n) is 3.99. The van der Waals surface area contributed by atoms with E-state index in [1.165, 1.54) is 0 Å². The standard InChI is InChI=1S/C16H30N2O/c1-5-8-14(9-6-2)16(19)12-15-10-11-18(17-15)13(4)7-3/h10-11,13-14,16,19H,5-9,12H2,1-4H3. The Labute approximate surface area is 118 Å². The molecule has 19 heavy (non-hydrogen) atoms. The number of rotatable bonds is 9. The van der Waals surface area contributed by atoms with Gasteiger partial charge in [0.15, 0.2) is 0 Å². The molecule has 0 spiro atoms. The van der Waals surface area contributed by atoms with Crippen molar-refractivity contribution < 1.29 is 5.11 Å². The van der Waals surface area contributed by atoms with Gasteiger partial charge in [0.2, 0.25) is 0 Å². The molecule has 110 valence electrons. The average molecular weight is 266 g/mol. The van der Waals surface area contributed by atoms with E-state index in [0.717, 1.165) is 37.8 Å². The van der Waals surface area contributed by atoms with Crippen molar-refractivity contribution in [1.82, 2.24) is 9.78 Å². The van der Waals surface area contributed by atoms with Crippen LogP contribution in [-0.4, -0.2) is 21.0 Å². The van der Waals surface area contributed by atoms with Crippen LogP contribution in [0.3, 0.4) is 0 Å². The third kappa shape index (κ3) is 4.98. The van der Waals surface area contributed by atoms with Crippen LogP contribution in [-0.2, 0) is 6.42 Å². The first kappa shape index (κ1) is 16.2. The van der Waals surface area contributed by atoms with Crippen molar-refractivity contribution in [2.45, 2.75) is 78.4 Å². The minimum Gasteiger partial charge on any atom is -0.392 e. The summed E-state index contributed by atoms with van der Waals surface area (Å²) in [5.41, 5.74) is 1.02. The maximum atomic E-state index is 10.4. The summed E-state index contributed by atoms with van der Waals surface area (Å²) in [6.07, 6.45) is 8.06. The number of hydrogen-bond donors (Lipinski definition) is 1. The molecule has 0 fully saturated rings. The SMILES string of the molecule is CCCC(CCC)C(O)Cc1ccn(C(C)CC)n1. The molecule has 1 rings (SSSR count). The number of nitrogens with zero attached hydrogens (tertiary/aromatic N) is 2. The summed E-state index contributed by atoms with van der Waals surface area (Å²) >= 11 is 0. The molecular formula is C16H30N2O. The second kappa shape index (κ2) is 8.36. The quantitative estimate of drug-likeness (QED) is 0.734. The van der Waals surface area contributed by atoms with Crippen LogP contribution in [0.4, 0.5) is 0 Å². The lowest BCUT2D eigenvalue weighted by Gasteiger charge is -2.21. The van der Waals surface area contributed by atoms with E-state index in [9.17, 15) is 5.11 Å². The summed E-state index contributed by atoms with van der Waals surface area (Å²) in [4.78, 5) is 0. The Hall–Kier alpha value is -0.830. The topological polar surface area (TPSA) is 38.0 Å². The Morgan fingerprint density at radius 2 is 1.84 bits per heavy atom. The van der Waals surface area contributed by atoms with Gasteiger partial charge in [-0.3, -0.25) is 4.68 Å². The van der Waals surface area contributed by atoms with Crippen molar-refractivity contribution in [2.75, 3.05) is 0 Å². The van der Waals surface area contributed by atoms with E-state index in [1.54, 1.807) is 0 Å². The first-order valence-electron chi connectivity index (χ1n) is 7.84. The van der Waals surface area contributed by atoms with E-state index >= 15 is 0 Å². The molecule has 3 nitrogen and oxygen atoms in total. The van der Waals surface area contributed by atoms with Gasteiger partial charge >= 0.3 is 0 Å². The lowest BCUT2D eigenvalue weighted by atomic mass is 9.90. The number of aromatic nitrogens is 2. The maximum absolute atomic E-state index is 10.4. The van der Waals surface area contributed by atoms with Gasteiger partial charge < -0.3 is 5.11 Å². The molecule has 0 aromatic carbocycles. The molecule has 3 heteroatoms. The van der Waals surface area contributed by atoms with E-state index in [0.29, 0.717) is 18.4 Å². The van der Waals surface area contributed by atoms with Crippen molar-refractivity contribution in [3.8, 4) is 0 Å². The third-order valence-corrected chi connectivity index (χ3v) is 3.99. The first-order chi connectivity index (χ1) is 9.12. The minimum absolute atomic E-state index is 0.250. The normalized spacial score (nSPS) is 14.8. The molecule has 0 aliphatic heterocycles. The number of aliphatic hydroxyl groups is 1. The van der Waals surface area contributed by atoms with E-state index in [1.807, 2.05) is 16.9 Å². The summed E-state index contributed by atoms with van der Waals surface area (Å²) < 4.78 is 2.01. The highest BCUT2D eigenvalue weighted by molar-refractivity contribution is 5.01. The predicted octanol–water partition coefficient (Wildman–Crippen LogP) is 3.97. The van der Waals surface area contributed by atoms with Crippen LogP contribution in [0.15, 0.2) is 12.3 Å². The highest BCUT2D eigenvalue weighted by Gasteiger charge is 2.19. The van der Waals surface area contributed by atoms with Crippen molar-refractivity contribution in [3.63, 3.8) is 0 Å². The summed E-state index contributed by atoms with van der Waals surface area (Å²) in [5.74, 6) is 0.420. The molecule has 0 saturated heterocycles. The molecule has 1 heterocycles. The van der Waals surface area contributed by atoms with Crippen LogP contribution in [0.2, 0.25) is 0 Å². The van der Waals surface area contributed by atoms with Crippen molar-refractivity contribution in [1.29, 1.82) is 0 Å². The smallest absolute Gasteiger partial charge is 0.0650 e. The summed E-state index contributed by atoms with van der Waals surface area (Å²) in [5, 5.41) is 15.0. The van der Waals surface area contributed by atoms with Gasteiger partial charge in [0, 0.05) is 18.7 Å². The molecule has 1 aromatic heterocycles. The molecule has 0 bridgehead atoms. The molecule has 2 unspecified atom stereocenters. The fourth-order valence-corrected chi connectivity index (χ4v) is 2.57. The van der Waals surface area contributed by atoms with Gasteiger partial charge in [0.1, 0.15) is 0 Å². The molecule has 0 amide bonds. The maximum Gasteiger partial charge on any atom is 0.0650 e. The molecular weight excluding hydrogens is 236 g/mol. The largest absolute Gasteiger partial charge is 0.392 e. The fourth-order valence-electron chi connectivity index (χ4n) is 2.57. The zero-order valence-corrected chi connectivity index (χ0v) is 13.0. The van der Waals surface area contributed by atoms with E-state index < -0.39 is 0 Å². The number of hydrogen-bond acceptors (Lipinski definition) is 2. The zero-order chi connectivity index (χ0) is 14.3. The summed E-state index contributed by atoms with van der Waals surface area (Å²) in [6, 6.07) is 2.48. The van der Waals surface area contributed by atoms with E-state index in [-0.39, 0.29) is 6.10 Å². The van der Waals surface area contributed by atoms with Crippen molar-refractivity contribution >= 4 is 0 Å². The van der Waals surface area contributed by atoms with Crippen LogP contribution < -0.4 is 0 Å². The lowest BCUT2D eigenvalue weighted by molar-refractivity contribution is 0.0952. The van der Waals surface area contributed by atoms with Gasteiger partial charge in [-0.2, -0.15) is 5.10 Å². The van der Waals surface area contributed by atoms with Crippen LogP contribution in [0.5, 0.6) is 0 Å². The van der Waals surface area contributed by atoms with Crippen LogP contribution >= 0.6 is 0 Å². The molecule has 0 radical (unpaired) electrons. The number of aliphatic hydroxyl groups excluding tert-OH is 1. The van der Waals surface area contributed by atoms with Gasteiger partial charge in [-0.05, 0) is 38.2 Å². The van der Waals surface area contributed by atoms with Crippen LogP contribution in [0.25, 0.3) is 0 Å². The molecule has 0 aliphatic rings. The molecule has 1 aromatic rings. The van der Waals surface area contributed by atoms with Crippen LogP contribution in [0, 0.1) is 5.92 Å². The second-order valence-corrected chi connectivity index (χ2v) is 5.65. The highest BCUT2D eigenvalue weighted by atomic mass is 16.3. The van der Waals surface area contributed by atoms with Gasteiger partial charge in [0.05, 0.1) is 11.8 Å². The van der Waals surface area contributed by atoms with Gasteiger partial charge in [-0.1, -0.05) is 33.6 Å². The van der Waals surface area contributed by atoms with Crippen LogP contribution in [0.1, 0.15) is 71.5 Å². The van der Waals surface area contributed by atoms with Gasteiger partial charge in [0.25, 0.3) is 0 Å². The van der Waals surface area contributed by atoms with E-state index in [4.69, 9.17) is 0 Å². The van der Waals surface area contributed by atoms with Gasteiger partial charge in [-0.25, -0.2) is 0 Å². The Balaban J connectivity index is 2.59.